The summed E-state index contributed by atoms with van der Waals surface area (Å²) in [5, 5.41) is 3.40. The molecule has 1 aliphatic rings. The van der Waals surface area contributed by atoms with Gasteiger partial charge in [0, 0.05) is 18.7 Å². The maximum absolute atomic E-state index is 11.2. The minimum Gasteiger partial charge on any atom is -0.380 e. The third-order valence-corrected chi connectivity index (χ3v) is 4.36. The second kappa shape index (κ2) is 5.82. The third-order valence-electron chi connectivity index (χ3n) is 2.65. The van der Waals surface area contributed by atoms with Crippen molar-refractivity contribution in [1.29, 1.82) is 0 Å². The third kappa shape index (κ3) is 4.95. The molecule has 1 unspecified atom stereocenters. The van der Waals surface area contributed by atoms with Gasteiger partial charge in [0.05, 0.1) is 18.1 Å². The molecular formula is C10H21NO3S. The summed E-state index contributed by atoms with van der Waals surface area (Å²) in [7, 11) is -2.74. The Morgan fingerprint density at radius 3 is 2.53 bits per heavy atom. The Hall–Kier alpha value is -0.130. The Morgan fingerprint density at radius 1 is 1.40 bits per heavy atom. The highest BCUT2D eigenvalue weighted by atomic mass is 32.2. The van der Waals surface area contributed by atoms with E-state index in [4.69, 9.17) is 4.74 Å². The number of nitrogens with one attached hydrogen (secondary N) is 1. The first kappa shape index (κ1) is 12.9. The molecule has 0 aliphatic carbocycles. The lowest BCUT2D eigenvalue weighted by molar-refractivity contribution is 0.123. The molecule has 15 heavy (non-hydrogen) atoms. The zero-order valence-corrected chi connectivity index (χ0v) is 10.3. The molecular weight excluding hydrogens is 214 g/mol. The molecule has 1 N–H and O–H groups in total. The molecule has 0 aromatic heterocycles. The van der Waals surface area contributed by atoms with Crippen molar-refractivity contribution in [3.63, 3.8) is 0 Å². The zero-order valence-electron chi connectivity index (χ0n) is 9.53. The van der Waals surface area contributed by atoms with Crippen LogP contribution in [0.5, 0.6) is 0 Å². The molecule has 0 aromatic rings. The van der Waals surface area contributed by atoms with E-state index in [1.807, 2.05) is 6.92 Å². The lowest BCUT2D eigenvalue weighted by Gasteiger charge is -2.26. The Balaban J connectivity index is 2.23. The van der Waals surface area contributed by atoms with Gasteiger partial charge in [-0.15, -0.1) is 0 Å². The van der Waals surface area contributed by atoms with E-state index in [0.717, 1.165) is 19.4 Å². The van der Waals surface area contributed by atoms with Crippen LogP contribution in [0.25, 0.3) is 0 Å². The molecule has 5 heteroatoms. The molecule has 1 fully saturated rings. The van der Waals surface area contributed by atoms with Crippen LogP contribution in [0.3, 0.4) is 0 Å². The molecule has 0 saturated carbocycles. The van der Waals surface area contributed by atoms with Crippen LogP contribution >= 0.6 is 0 Å². The van der Waals surface area contributed by atoms with Crippen LogP contribution in [0.1, 0.15) is 26.7 Å². The minimum atomic E-state index is -2.74. The second-order valence-corrected chi connectivity index (χ2v) is 6.46. The van der Waals surface area contributed by atoms with Gasteiger partial charge in [0.1, 0.15) is 9.84 Å². The van der Waals surface area contributed by atoms with E-state index in [0.29, 0.717) is 30.2 Å². The fraction of sp³-hybridized carbons (Fsp3) is 1.00. The molecule has 1 atom stereocenters. The Bertz CT molecular complexity index is 262. The van der Waals surface area contributed by atoms with E-state index in [1.54, 1.807) is 0 Å². The van der Waals surface area contributed by atoms with E-state index in [9.17, 15) is 8.42 Å². The van der Waals surface area contributed by atoms with Gasteiger partial charge < -0.3 is 10.1 Å². The first-order valence-electron chi connectivity index (χ1n) is 5.57. The van der Waals surface area contributed by atoms with Crippen LogP contribution in [0.4, 0.5) is 0 Å². The number of ether oxygens (including phenoxy) is 1. The Kier molecular flexibility index (Phi) is 5.02. The van der Waals surface area contributed by atoms with E-state index >= 15 is 0 Å². The first-order valence-corrected chi connectivity index (χ1v) is 7.40. The van der Waals surface area contributed by atoms with Gasteiger partial charge in [0.15, 0.2) is 0 Å². The predicted molar refractivity (Wildman–Crippen MR) is 60.8 cm³/mol. The summed E-state index contributed by atoms with van der Waals surface area (Å²) in [4.78, 5) is 0. The SMILES string of the molecule is CCOCC(C)NC1CCS(=O)(=O)CC1. The second-order valence-electron chi connectivity index (χ2n) is 4.15. The lowest BCUT2D eigenvalue weighted by Crippen LogP contribution is -2.43. The van der Waals surface area contributed by atoms with Crippen LogP contribution in [-0.4, -0.2) is 45.2 Å². The number of hydrogen-bond acceptors (Lipinski definition) is 4. The first-order chi connectivity index (χ1) is 7.03. The van der Waals surface area contributed by atoms with Gasteiger partial charge in [-0.1, -0.05) is 0 Å². The lowest BCUT2D eigenvalue weighted by atomic mass is 10.1. The molecule has 1 aliphatic heterocycles. The van der Waals surface area contributed by atoms with Gasteiger partial charge >= 0.3 is 0 Å². The maximum atomic E-state index is 11.2. The summed E-state index contributed by atoms with van der Waals surface area (Å²) in [6, 6.07) is 0.639. The van der Waals surface area contributed by atoms with Crippen molar-refractivity contribution >= 4 is 9.84 Å². The molecule has 1 heterocycles. The van der Waals surface area contributed by atoms with Crippen molar-refractivity contribution in [2.45, 2.75) is 38.8 Å². The smallest absolute Gasteiger partial charge is 0.150 e. The fourth-order valence-electron chi connectivity index (χ4n) is 1.80. The zero-order chi connectivity index (χ0) is 11.3. The van der Waals surface area contributed by atoms with Gasteiger partial charge in [-0.25, -0.2) is 8.42 Å². The average Bonchev–Trinajstić information content (AvgIpc) is 2.18. The largest absolute Gasteiger partial charge is 0.380 e. The molecule has 1 rings (SSSR count). The van der Waals surface area contributed by atoms with Crippen molar-refractivity contribution in [2.75, 3.05) is 24.7 Å². The number of rotatable bonds is 5. The van der Waals surface area contributed by atoms with Crippen LogP contribution in [0.2, 0.25) is 0 Å². The van der Waals surface area contributed by atoms with Gasteiger partial charge in [0.2, 0.25) is 0 Å². The highest BCUT2D eigenvalue weighted by Gasteiger charge is 2.24. The van der Waals surface area contributed by atoms with Crippen molar-refractivity contribution in [3.05, 3.63) is 0 Å². The van der Waals surface area contributed by atoms with Crippen LogP contribution in [-0.2, 0) is 14.6 Å². The van der Waals surface area contributed by atoms with Crippen molar-refractivity contribution in [1.82, 2.24) is 5.32 Å². The van der Waals surface area contributed by atoms with Gasteiger partial charge in [-0.05, 0) is 26.7 Å². The van der Waals surface area contributed by atoms with E-state index in [2.05, 4.69) is 12.2 Å². The normalized spacial score (nSPS) is 23.9. The number of sulfone groups is 1. The molecule has 4 nitrogen and oxygen atoms in total. The molecule has 0 amide bonds. The summed E-state index contributed by atoms with van der Waals surface area (Å²) in [5.74, 6) is 0.651. The van der Waals surface area contributed by atoms with Crippen LogP contribution in [0.15, 0.2) is 0 Å². The van der Waals surface area contributed by atoms with Gasteiger partial charge in [-0.3, -0.25) is 0 Å². The molecule has 0 bridgehead atoms. The highest BCUT2D eigenvalue weighted by molar-refractivity contribution is 7.91. The quantitative estimate of drug-likeness (QED) is 0.757. The topological polar surface area (TPSA) is 55.4 Å². The van der Waals surface area contributed by atoms with Gasteiger partial charge in [0.25, 0.3) is 0 Å². The van der Waals surface area contributed by atoms with Crippen molar-refractivity contribution < 1.29 is 13.2 Å². The highest BCUT2D eigenvalue weighted by Crippen LogP contribution is 2.12. The maximum Gasteiger partial charge on any atom is 0.150 e. The monoisotopic (exact) mass is 235 g/mol. The predicted octanol–water partition coefficient (Wildman–Crippen LogP) is 0.578. The molecule has 0 spiro atoms. The van der Waals surface area contributed by atoms with E-state index in [1.165, 1.54) is 0 Å². The molecule has 0 radical (unpaired) electrons. The minimum absolute atomic E-state index is 0.302. The summed E-state index contributed by atoms with van der Waals surface area (Å²) in [5.41, 5.74) is 0. The standard InChI is InChI=1S/C10H21NO3S/c1-3-14-8-9(2)11-10-4-6-15(12,13)7-5-10/h9-11H,3-8H2,1-2H3. The Labute approximate surface area is 92.3 Å². The summed E-state index contributed by atoms with van der Waals surface area (Å²) in [6.45, 7) is 5.46. The molecule has 0 aromatic carbocycles. The molecule has 90 valence electrons. The van der Waals surface area contributed by atoms with Gasteiger partial charge in [-0.2, -0.15) is 0 Å². The summed E-state index contributed by atoms with van der Waals surface area (Å²) < 4.78 is 27.7. The molecule has 1 saturated heterocycles. The average molecular weight is 235 g/mol. The van der Waals surface area contributed by atoms with Crippen LogP contribution in [0, 0.1) is 0 Å². The summed E-state index contributed by atoms with van der Waals surface area (Å²) in [6.07, 6.45) is 1.47. The Morgan fingerprint density at radius 2 is 2.00 bits per heavy atom. The van der Waals surface area contributed by atoms with Crippen LogP contribution < -0.4 is 5.32 Å². The fourth-order valence-corrected chi connectivity index (χ4v) is 3.29. The van der Waals surface area contributed by atoms with Crippen molar-refractivity contribution in [3.8, 4) is 0 Å². The summed E-state index contributed by atoms with van der Waals surface area (Å²) >= 11 is 0. The number of hydrogen-bond donors (Lipinski definition) is 1. The van der Waals surface area contributed by atoms with Crippen molar-refractivity contribution in [2.24, 2.45) is 0 Å². The van der Waals surface area contributed by atoms with E-state index < -0.39 is 9.84 Å². The van der Waals surface area contributed by atoms with E-state index in [-0.39, 0.29) is 0 Å².